The molecule has 2 aromatic heterocycles. The molecule has 0 radical (unpaired) electrons. The van der Waals surface area contributed by atoms with Crippen LogP contribution < -0.4 is 5.32 Å². The number of benzene rings is 3. The lowest BCUT2D eigenvalue weighted by molar-refractivity contribution is 0.613. The molecule has 0 bridgehead atoms. The maximum absolute atomic E-state index is 14.9. The van der Waals surface area contributed by atoms with E-state index in [1.807, 2.05) is 25.3 Å². The number of rotatable bonds is 5. The van der Waals surface area contributed by atoms with Crippen molar-refractivity contribution < 1.29 is 13.2 Å². The highest BCUT2D eigenvalue weighted by Gasteiger charge is 2.19. The summed E-state index contributed by atoms with van der Waals surface area (Å²) in [6.07, 6.45) is 3.28. The molecular weight excluding hydrogens is 439 g/mol. The first-order valence-electron chi connectivity index (χ1n) is 10.8. The number of hydrogen-bond acceptors (Lipinski definition) is 3. The normalized spacial score (nSPS) is 11.5. The van der Waals surface area contributed by atoms with Crippen molar-refractivity contribution in [3.63, 3.8) is 0 Å². The Morgan fingerprint density at radius 1 is 0.912 bits per heavy atom. The summed E-state index contributed by atoms with van der Waals surface area (Å²) in [5.41, 5.74) is 3.83. The lowest BCUT2D eigenvalue weighted by Gasteiger charge is -2.14. The van der Waals surface area contributed by atoms with Gasteiger partial charge in [-0.2, -0.15) is 0 Å². The first-order valence-corrected chi connectivity index (χ1v) is 10.8. The number of aryl methyl sites for hydroxylation is 1. The van der Waals surface area contributed by atoms with Crippen LogP contribution in [0.5, 0.6) is 0 Å². The van der Waals surface area contributed by atoms with Crippen molar-refractivity contribution in [2.75, 3.05) is 5.32 Å². The average Bonchev–Trinajstić information content (AvgIpc) is 3.38. The molecule has 0 unspecified atom stereocenters. The van der Waals surface area contributed by atoms with Crippen LogP contribution in [0.3, 0.4) is 0 Å². The number of halogens is 3. The fraction of sp³-hybridized carbons (Fsp3) is 0.154. The molecule has 0 aliphatic heterocycles. The molecular formula is C26H22F3N5. The number of anilines is 2. The van der Waals surface area contributed by atoms with E-state index in [-0.39, 0.29) is 11.9 Å². The van der Waals surface area contributed by atoms with Gasteiger partial charge >= 0.3 is 0 Å². The molecule has 0 amide bonds. The van der Waals surface area contributed by atoms with Gasteiger partial charge in [-0.3, -0.25) is 0 Å². The molecule has 0 saturated carbocycles. The van der Waals surface area contributed by atoms with E-state index in [1.165, 1.54) is 30.3 Å². The van der Waals surface area contributed by atoms with E-state index < -0.39 is 11.6 Å². The Hall–Kier alpha value is -4.07. The molecule has 1 N–H and O–H groups in total. The summed E-state index contributed by atoms with van der Waals surface area (Å²) in [7, 11) is 0. The van der Waals surface area contributed by atoms with E-state index in [4.69, 9.17) is 4.98 Å². The Kier molecular flexibility index (Phi) is 5.36. The Balaban J connectivity index is 1.59. The molecule has 0 atom stereocenters. The fourth-order valence-corrected chi connectivity index (χ4v) is 4.08. The molecule has 34 heavy (non-hydrogen) atoms. The molecule has 0 aliphatic rings. The van der Waals surface area contributed by atoms with Gasteiger partial charge in [-0.1, -0.05) is 0 Å². The molecule has 5 nitrogen and oxygen atoms in total. The average molecular weight is 461 g/mol. The predicted molar refractivity (Wildman–Crippen MR) is 127 cm³/mol. The van der Waals surface area contributed by atoms with Gasteiger partial charge in [0.2, 0.25) is 0 Å². The summed E-state index contributed by atoms with van der Waals surface area (Å²) >= 11 is 0. The number of fused-ring (bicyclic) bond motifs is 1. The van der Waals surface area contributed by atoms with Gasteiger partial charge in [0.05, 0.1) is 28.9 Å². The SMILES string of the molecule is Cc1cn(-c2ccc(Nc3cc(F)cc4c3nc(-c3ccc(F)cc3)n4C(C)C)cc2F)cn1. The van der Waals surface area contributed by atoms with E-state index in [1.54, 1.807) is 41.4 Å². The van der Waals surface area contributed by atoms with Crippen molar-refractivity contribution in [1.82, 2.24) is 19.1 Å². The summed E-state index contributed by atoms with van der Waals surface area (Å²) < 4.78 is 46.5. The summed E-state index contributed by atoms with van der Waals surface area (Å²) in [4.78, 5) is 8.90. The molecule has 5 rings (SSSR count). The highest BCUT2D eigenvalue weighted by Crippen LogP contribution is 2.34. The van der Waals surface area contributed by atoms with Gasteiger partial charge in [0.25, 0.3) is 0 Å². The van der Waals surface area contributed by atoms with Crippen molar-refractivity contribution in [3.05, 3.63) is 90.3 Å². The Labute approximate surface area is 194 Å². The molecule has 0 spiro atoms. The topological polar surface area (TPSA) is 47.7 Å². The van der Waals surface area contributed by atoms with Crippen LogP contribution in [-0.2, 0) is 0 Å². The van der Waals surface area contributed by atoms with Crippen LogP contribution in [0, 0.1) is 24.4 Å². The van der Waals surface area contributed by atoms with Gasteiger partial charge in [0.1, 0.15) is 28.8 Å². The maximum Gasteiger partial charge on any atom is 0.149 e. The first kappa shape index (κ1) is 21.8. The summed E-state index contributed by atoms with van der Waals surface area (Å²) in [6.45, 7) is 5.77. The Morgan fingerprint density at radius 2 is 1.68 bits per heavy atom. The van der Waals surface area contributed by atoms with Gasteiger partial charge in [0, 0.05) is 23.5 Å². The number of imidazole rings is 2. The third kappa shape index (κ3) is 3.91. The number of nitrogens with zero attached hydrogens (tertiary/aromatic N) is 4. The Bertz CT molecular complexity index is 1500. The van der Waals surface area contributed by atoms with Crippen LogP contribution in [0.15, 0.2) is 67.1 Å². The van der Waals surface area contributed by atoms with E-state index in [0.717, 1.165) is 5.69 Å². The van der Waals surface area contributed by atoms with Crippen LogP contribution in [0.1, 0.15) is 25.6 Å². The van der Waals surface area contributed by atoms with Crippen LogP contribution >= 0.6 is 0 Å². The van der Waals surface area contributed by atoms with Crippen LogP contribution in [-0.4, -0.2) is 19.1 Å². The van der Waals surface area contributed by atoms with E-state index >= 15 is 0 Å². The van der Waals surface area contributed by atoms with E-state index in [0.29, 0.717) is 39.5 Å². The minimum atomic E-state index is -0.451. The molecule has 8 heteroatoms. The number of aromatic nitrogens is 4. The first-order chi connectivity index (χ1) is 16.3. The monoisotopic (exact) mass is 461 g/mol. The minimum Gasteiger partial charge on any atom is -0.354 e. The molecule has 172 valence electrons. The van der Waals surface area contributed by atoms with Gasteiger partial charge in [-0.05, 0) is 75.4 Å². The van der Waals surface area contributed by atoms with Crippen LogP contribution in [0.25, 0.3) is 28.1 Å². The molecule has 5 aromatic rings. The fourth-order valence-electron chi connectivity index (χ4n) is 4.08. The highest BCUT2D eigenvalue weighted by atomic mass is 19.1. The second kappa shape index (κ2) is 8.37. The van der Waals surface area contributed by atoms with Crippen molar-refractivity contribution >= 4 is 22.4 Å². The van der Waals surface area contributed by atoms with Gasteiger partial charge in [0.15, 0.2) is 0 Å². The van der Waals surface area contributed by atoms with Crippen molar-refractivity contribution in [1.29, 1.82) is 0 Å². The molecule has 2 heterocycles. The molecule has 3 aromatic carbocycles. The summed E-state index contributed by atoms with van der Waals surface area (Å²) in [5.74, 6) is -0.653. The minimum absolute atomic E-state index is 0.0323. The van der Waals surface area contributed by atoms with Crippen molar-refractivity contribution in [3.8, 4) is 17.1 Å². The second-order valence-electron chi connectivity index (χ2n) is 8.44. The lowest BCUT2D eigenvalue weighted by atomic mass is 10.2. The van der Waals surface area contributed by atoms with Crippen molar-refractivity contribution in [2.24, 2.45) is 0 Å². The number of hydrogen-bond donors (Lipinski definition) is 1. The third-order valence-electron chi connectivity index (χ3n) is 5.60. The van der Waals surface area contributed by atoms with Crippen LogP contribution in [0.4, 0.5) is 24.5 Å². The second-order valence-corrected chi connectivity index (χ2v) is 8.44. The molecule has 0 aliphatic carbocycles. The van der Waals surface area contributed by atoms with Crippen molar-refractivity contribution in [2.45, 2.75) is 26.8 Å². The van der Waals surface area contributed by atoms with E-state index in [9.17, 15) is 13.2 Å². The Morgan fingerprint density at radius 3 is 2.32 bits per heavy atom. The largest absolute Gasteiger partial charge is 0.354 e. The summed E-state index contributed by atoms with van der Waals surface area (Å²) in [5, 5.41) is 3.11. The maximum atomic E-state index is 14.9. The lowest BCUT2D eigenvalue weighted by Crippen LogP contribution is -2.03. The van der Waals surface area contributed by atoms with Crippen LogP contribution in [0.2, 0.25) is 0 Å². The van der Waals surface area contributed by atoms with Gasteiger partial charge in [-0.15, -0.1) is 0 Å². The third-order valence-corrected chi connectivity index (χ3v) is 5.60. The molecule has 0 fully saturated rings. The summed E-state index contributed by atoms with van der Waals surface area (Å²) in [6, 6.07) is 13.4. The zero-order chi connectivity index (χ0) is 24.0. The standard InChI is InChI=1S/C26H22F3N5/c1-15(2)34-24-11-19(28)10-22(25(24)32-26(34)17-4-6-18(27)7-5-17)31-20-8-9-23(21(29)12-20)33-13-16(3)30-14-33/h4-15,31H,1-3H3. The predicted octanol–water partition coefficient (Wildman–Crippen LogP) is 6.94. The van der Waals surface area contributed by atoms with E-state index in [2.05, 4.69) is 10.3 Å². The zero-order valence-electron chi connectivity index (χ0n) is 18.9. The number of nitrogens with one attached hydrogen (secondary N) is 1. The van der Waals surface area contributed by atoms with Gasteiger partial charge in [-0.25, -0.2) is 23.1 Å². The molecule has 0 saturated heterocycles. The van der Waals surface area contributed by atoms with Gasteiger partial charge < -0.3 is 14.5 Å². The quantitative estimate of drug-likeness (QED) is 0.308. The zero-order valence-corrected chi connectivity index (χ0v) is 18.9. The highest BCUT2D eigenvalue weighted by molar-refractivity contribution is 5.93. The smallest absolute Gasteiger partial charge is 0.149 e.